The van der Waals surface area contributed by atoms with Crippen molar-refractivity contribution in [1.82, 2.24) is 0 Å². The highest BCUT2D eigenvalue weighted by molar-refractivity contribution is 5.95. The zero-order valence-corrected chi connectivity index (χ0v) is 16.2. The molecule has 0 amide bonds. The molecule has 0 heterocycles. The van der Waals surface area contributed by atoms with Crippen LogP contribution in [-0.2, 0) is 4.79 Å². The molecular weight excluding hydrogens is 379 g/mol. The van der Waals surface area contributed by atoms with Gasteiger partial charge in [-0.15, -0.1) is 6.58 Å². The molecule has 0 aliphatic carbocycles. The van der Waals surface area contributed by atoms with Crippen LogP contribution in [-0.4, -0.2) is 5.97 Å². The summed E-state index contributed by atoms with van der Waals surface area (Å²) in [5, 5.41) is 1.93. The summed E-state index contributed by atoms with van der Waals surface area (Å²) in [6.45, 7) is 3.52. The van der Waals surface area contributed by atoms with E-state index in [-0.39, 0.29) is 18.2 Å². The van der Waals surface area contributed by atoms with Crippen LogP contribution in [0, 0.1) is 5.82 Å². The van der Waals surface area contributed by atoms with Gasteiger partial charge >= 0.3 is 5.97 Å². The van der Waals surface area contributed by atoms with E-state index in [2.05, 4.69) is 6.58 Å². The lowest BCUT2D eigenvalue weighted by atomic mass is 9.99. The van der Waals surface area contributed by atoms with Gasteiger partial charge in [0.1, 0.15) is 23.1 Å². The van der Waals surface area contributed by atoms with Gasteiger partial charge in [-0.25, -0.2) is 4.39 Å². The van der Waals surface area contributed by atoms with Crippen LogP contribution in [0.1, 0.15) is 6.42 Å². The Labute approximate surface area is 174 Å². The Balaban J connectivity index is 1.71. The molecule has 0 atom stereocenters. The lowest BCUT2D eigenvalue weighted by Gasteiger charge is -2.15. The van der Waals surface area contributed by atoms with Gasteiger partial charge < -0.3 is 9.47 Å². The van der Waals surface area contributed by atoms with Gasteiger partial charge in [0.15, 0.2) is 0 Å². The Kier molecular flexibility index (Phi) is 5.57. The van der Waals surface area contributed by atoms with Crippen molar-refractivity contribution < 1.29 is 18.7 Å². The molecule has 4 rings (SSSR count). The molecule has 0 aliphatic heterocycles. The molecule has 148 valence electrons. The molecule has 4 aromatic rings. The number of halogens is 1. The minimum atomic E-state index is -0.374. The molecule has 0 saturated heterocycles. The number of carbonyl (C=O) groups excluding carboxylic acids is 1. The molecule has 3 nitrogen and oxygen atoms in total. The molecule has 0 radical (unpaired) electrons. The van der Waals surface area contributed by atoms with E-state index in [1.807, 2.05) is 42.5 Å². The third kappa shape index (κ3) is 4.23. The zero-order valence-electron chi connectivity index (χ0n) is 16.2. The normalized spacial score (nSPS) is 10.6. The summed E-state index contributed by atoms with van der Waals surface area (Å²) >= 11 is 0. The van der Waals surface area contributed by atoms with Crippen LogP contribution in [0.4, 0.5) is 4.39 Å². The van der Waals surface area contributed by atoms with Crippen molar-refractivity contribution in [2.45, 2.75) is 6.42 Å². The molecule has 30 heavy (non-hydrogen) atoms. The van der Waals surface area contributed by atoms with Gasteiger partial charge in [-0.2, -0.15) is 0 Å². The predicted molar refractivity (Wildman–Crippen MR) is 116 cm³/mol. The summed E-state index contributed by atoms with van der Waals surface area (Å²) in [6.07, 6.45) is 1.64. The van der Waals surface area contributed by atoms with Crippen LogP contribution in [0.15, 0.2) is 97.6 Å². The fourth-order valence-corrected chi connectivity index (χ4v) is 3.22. The maximum absolute atomic E-state index is 13.8. The first-order valence-electron chi connectivity index (χ1n) is 9.51. The summed E-state index contributed by atoms with van der Waals surface area (Å²) in [5.41, 5.74) is 1.51. The molecule has 0 unspecified atom stereocenters. The van der Waals surface area contributed by atoms with E-state index in [1.54, 1.807) is 30.3 Å². The van der Waals surface area contributed by atoms with Crippen molar-refractivity contribution in [1.29, 1.82) is 0 Å². The number of rotatable bonds is 6. The second-order valence-electron chi connectivity index (χ2n) is 6.71. The second kappa shape index (κ2) is 8.62. The van der Waals surface area contributed by atoms with Crippen LogP contribution in [0.25, 0.3) is 21.9 Å². The number of benzene rings is 4. The van der Waals surface area contributed by atoms with E-state index in [0.717, 1.165) is 21.9 Å². The van der Waals surface area contributed by atoms with Crippen molar-refractivity contribution in [3.05, 3.63) is 103 Å². The average Bonchev–Trinajstić information content (AvgIpc) is 2.75. The van der Waals surface area contributed by atoms with Gasteiger partial charge in [0, 0.05) is 10.9 Å². The number of carbonyl (C=O) groups is 1. The van der Waals surface area contributed by atoms with Crippen molar-refractivity contribution in [2.75, 3.05) is 0 Å². The lowest BCUT2D eigenvalue weighted by Crippen LogP contribution is -2.05. The number of hydrogen-bond donors (Lipinski definition) is 0. The monoisotopic (exact) mass is 398 g/mol. The summed E-state index contributed by atoms with van der Waals surface area (Å²) in [6, 6.07) is 25.0. The zero-order chi connectivity index (χ0) is 20.9. The van der Waals surface area contributed by atoms with Crippen molar-refractivity contribution in [2.24, 2.45) is 0 Å². The Morgan fingerprint density at radius 1 is 0.900 bits per heavy atom. The van der Waals surface area contributed by atoms with Gasteiger partial charge in [0.25, 0.3) is 0 Å². The number of ether oxygens (including phenoxy) is 2. The Morgan fingerprint density at radius 2 is 1.67 bits per heavy atom. The number of esters is 1. The van der Waals surface area contributed by atoms with Gasteiger partial charge in [0.2, 0.25) is 0 Å². The highest BCUT2D eigenvalue weighted by Crippen LogP contribution is 2.40. The smallest absolute Gasteiger partial charge is 0.315 e. The van der Waals surface area contributed by atoms with Crippen LogP contribution in [0.5, 0.6) is 17.2 Å². The van der Waals surface area contributed by atoms with Gasteiger partial charge in [-0.3, -0.25) is 4.79 Å². The van der Waals surface area contributed by atoms with Crippen LogP contribution in [0.3, 0.4) is 0 Å². The highest BCUT2D eigenvalue weighted by Gasteiger charge is 2.13. The average molecular weight is 398 g/mol. The first kappa shape index (κ1) is 19.4. The summed E-state index contributed by atoms with van der Waals surface area (Å²) in [7, 11) is 0. The Bertz CT molecular complexity index is 1210. The number of hydrogen-bond acceptors (Lipinski definition) is 3. The molecule has 0 N–H and O–H groups in total. The maximum Gasteiger partial charge on any atom is 0.315 e. The molecule has 4 aromatic carbocycles. The Morgan fingerprint density at radius 3 is 2.43 bits per heavy atom. The van der Waals surface area contributed by atoms with Crippen LogP contribution >= 0.6 is 0 Å². The summed E-state index contributed by atoms with van der Waals surface area (Å²) < 4.78 is 25.3. The summed E-state index contributed by atoms with van der Waals surface area (Å²) in [4.78, 5) is 11.6. The molecule has 0 saturated carbocycles. The van der Waals surface area contributed by atoms with Gasteiger partial charge in [-0.1, -0.05) is 48.5 Å². The van der Waals surface area contributed by atoms with E-state index >= 15 is 0 Å². The summed E-state index contributed by atoms with van der Waals surface area (Å²) in [5.74, 6) is 0.957. The minimum Gasteiger partial charge on any atom is -0.456 e. The molecule has 0 aliphatic rings. The van der Waals surface area contributed by atoms with Crippen LogP contribution in [0.2, 0.25) is 0 Å². The lowest BCUT2D eigenvalue weighted by molar-refractivity contribution is -0.133. The van der Waals surface area contributed by atoms with Gasteiger partial charge in [-0.05, 0) is 53.4 Å². The predicted octanol–water partition coefficient (Wildman–Crippen LogP) is 6.92. The molecule has 0 aromatic heterocycles. The first-order valence-corrected chi connectivity index (χ1v) is 9.51. The molecule has 0 bridgehead atoms. The first-order chi connectivity index (χ1) is 14.6. The minimum absolute atomic E-state index is 0.144. The molecule has 0 fully saturated rings. The van der Waals surface area contributed by atoms with E-state index in [4.69, 9.17) is 9.47 Å². The fraction of sp³-hybridized carbons (Fsp3) is 0.0385. The van der Waals surface area contributed by atoms with Crippen LogP contribution < -0.4 is 9.47 Å². The quantitative estimate of drug-likeness (QED) is 0.201. The third-order valence-corrected chi connectivity index (χ3v) is 4.60. The fourth-order valence-electron chi connectivity index (χ4n) is 3.22. The molecule has 0 spiro atoms. The van der Waals surface area contributed by atoms with E-state index in [1.165, 1.54) is 18.2 Å². The molecular formula is C26H19FO3. The number of fused-ring (bicyclic) bond motifs is 1. The van der Waals surface area contributed by atoms with Crippen molar-refractivity contribution >= 4 is 16.7 Å². The van der Waals surface area contributed by atoms with E-state index in [0.29, 0.717) is 17.2 Å². The Hall–Kier alpha value is -3.92. The van der Waals surface area contributed by atoms with E-state index < -0.39 is 0 Å². The van der Waals surface area contributed by atoms with E-state index in [9.17, 15) is 9.18 Å². The standard InChI is InChI=1S/C26H19FO3/c1-2-6-25(28)29-21-12-14-22(15-13-21)30-26-23-10-4-3-7-18(23)11-16-24(26)19-8-5-9-20(27)17-19/h2-5,7-17H,1,6H2. The molecule has 4 heteroatoms. The third-order valence-electron chi connectivity index (χ3n) is 4.60. The maximum atomic E-state index is 13.8. The highest BCUT2D eigenvalue weighted by atomic mass is 19.1. The SMILES string of the molecule is C=CCC(=O)Oc1ccc(Oc2c(-c3cccc(F)c3)ccc3ccccc23)cc1. The largest absolute Gasteiger partial charge is 0.456 e. The second-order valence-corrected chi connectivity index (χ2v) is 6.71. The van der Waals surface area contributed by atoms with Crippen molar-refractivity contribution in [3.63, 3.8) is 0 Å². The topological polar surface area (TPSA) is 35.5 Å². The van der Waals surface area contributed by atoms with Gasteiger partial charge in [0.05, 0.1) is 6.42 Å². The van der Waals surface area contributed by atoms with Crippen molar-refractivity contribution in [3.8, 4) is 28.4 Å².